The van der Waals surface area contributed by atoms with E-state index in [1.807, 2.05) is 0 Å². The molecule has 0 unspecified atom stereocenters. The highest BCUT2D eigenvalue weighted by molar-refractivity contribution is 5.79. The van der Waals surface area contributed by atoms with E-state index in [9.17, 15) is 32.3 Å². The van der Waals surface area contributed by atoms with Gasteiger partial charge in [-0.15, -0.1) is 40.8 Å². The van der Waals surface area contributed by atoms with E-state index in [1.54, 1.807) is 32.2 Å². The maximum atomic E-state index is 12.4. The van der Waals surface area contributed by atoms with Crippen LogP contribution in [0.1, 0.15) is 23.0 Å². The molecule has 24 nitrogen and oxygen atoms in total. The number of hydrogen-bond acceptors (Lipinski definition) is 20. The number of hydrogen-bond donors (Lipinski definition) is 5. The van der Waals surface area contributed by atoms with Crippen LogP contribution in [0.4, 0.5) is 13.2 Å². The summed E-state index contributed by atoms with van der Waals surface area (Å²) in [7, 11) is 0. The number of halogens is 3. The minimum Gasteiger partial charge on any atom is -0.480 e. The molecule has 4 rings (SSSR count). The third kappa shape index (κ3) is 18.5. The highest BCUT2D eigenvalue weighted by Gasteiger charge is 2.25. The summed E-state index contributed by atoms with van der Waals surface area (Å²) in [6.07, 6.45) is -2.65. The zero-order valence-corrected chi connectivity index (χ0v) is 28.9. The Morgan fingerprint density at radius 3 is 1.45 bits per heavy atom. The van der Waals surface area contributed by atoms with Crippen molar-refractivity contribution in [1.82, 2.24) is 75.8 Å². The maximum absolute atomic E-state index is 12.4. The Balaban J connectivity index is 0.000000405. The van der Waals surface area contributed by atoms with Crippen LogP contribution in [-0.2, 0) is 37.1 Å². The smallest absolute Gasteiger partial charge is 0.446 e. The minimum atomic E-state index is -4.64. The lowest BCUT2D eigenvalue weighted by molar-refractivity contribution is -0.156. The Morgan fingerprint density at radius 1 is 0.691 bits per heavy atom. The van der Waals surface area contributed by atoms with Crippen LogP contribution < -0.4 is 11.1 Å². The van der Waals surface area contributed by atoms with Crippen LogP contribution in [0.15, 0.2) is 24.5 Å². The molecule has 1 amide bonds. The van der Waals surface area contributed by atoms with E-state index in [1.165, 1.54) is 11.1 Å². The molecule has 0 aliphatic carbocycles. The van der Waals surface area contributed by atoms with Crippen LogP contribution in [0.2, 0.25) is 0 Å². The molecular formula is C28H33F3N16O8. The molecule has 0 spiro atoms. The van der Waals surface area contributed by atoms with E-state index in [4.69, 9.17) is 25.8 Å². The highest BCUT2D eigenvalue weighted by atomic mass is 19.4. The first-order valence-electron chi connectivity index (χ1n) is 15.3. The number of amides is 1. The van der Waals surface area contributed by atoms with Gasteiger partial charge in [0.2, 0.25) is 35.5 Å². The van der Waals surface area contributed by atoms with E-state index in [0.717, 1.165) is 10.6 Å². The fourth-order valence-electron chi connectivity index (χ4n) is 3.69. The van der Waals surface area contributed by atoms with Gasteiger partial charge in [0.05, 0.1) is 44.1 Å². The fraction of sp³-hybridized carbons (Fsp3) is 0.393. The van der Waals surface area contributed by atoms with E-state index in [0.29, 0.717) is 35.5 Å². The van der Waals surface area contributed by atoms with Gasteiger partial charge in [-0.25, -0.2) is 19.9 Å². The van der Waals surface area contributed by atoms with Crippen molar-refractivity contribution in [3.63, 3.8) is 0 Å². The molecule has 55 heavy (non-hydrogen) atoms. The van der Waals surface area contributed by atoms with E-state index in [2.05, 4.69) is 66.0 Å². The van der Waals surface area contributed by atoms with Gasteiger partial charge in [0.15, 0.2) is 11.6 Å². The molecular weight excluding hydrogens is 745 g/mol. The first kappa shape index (κ1) is 44.4. The molecule has 4 heterocycles. The van der Waals surface area contributed by atoms with Gasteiger partial charge in [0.1, 0.15) is 0 Å². The lowest BCUT2D eigenvalue weighted by Gasteiger charge is -2.24. The number of nitrogens with one attached hydrogen (secondary N) is 1. The van der Waals surface area contributed by atoms with Crippen molar-refractivity contribution in [2.75, 3.05) is 39.3 Å². The summed E-state index contributed by atoms with van der Waals surface area (Å²) < 4.78 is 31.2. The van der Waals surface area contributed by atoms with Crippen molar-refractivity contribution in [1.29, 1.82) is 0 Å². The van der Waals surface area contributed by atoms with Crippen molar-refractivity contribution in [3.05, 3.63) is 47.6 Å². The summed E-state index contributed by atoms with van der Waals surface area (Å²) in [6, 6.07) is 3.29. The van der Waals surface area contributed by atoms with Crippen molar-refractivity contribution in [3.8, 4) is 23.3 Å². The van der Waals surface area contributed by atoms with E-state index in [-0.39, 0.29) is 37.8 Å². The SMILES string of the molecule is Cc1nnc(-c2nccc(CN)n2)nn1.Cc1nnc(-c2nccc(CNC(=O)CN(CCN(CC(=O)O)CC(=O)O)CC(=O)O)n2)nn1.O=CC(F)(F)F. The largest absolute Gasteiger partial charge is 0.480 e. The van der Waals surface area contributed by atoms with Gasteiger partial charge >= 0.3 is 24.1 Å². The number of nitrogens with two attached hydrogens (primary N) is 1. The molecule has 0 radical (unpaired) electrons. The molecule has 0 aliphatic rings. The molecule has 0 fully saturated rings. The number of aryl methyl sites for hydroxylation is 2. The van der Waals surface area contributed by atoms with Crippen LogP contribution in [0.3, 0.4) is 0 Å². The van der Waals surface area contributed by atoms with Crippen LogP contribution >= 0.6 is 0 Å². The highest BCUT2D eigenvalue weighted by Crippen LogP contribution is 2.09. The first-order valence-corrected chi connectivity index (χ1v) is 15.3. The molecule has 0 atom stereocenters. The number of carbonyl (C=O) groups excluding carboxylic acids is 2. The van der Waals surface area contributed by atoms with Gasteiger partial charge in [-0.05, 0) is 26.0 Å². The fourth-order valence-corrected chi connectivity index (χ4v) is 3.69. The summed E-state index contributed by atoms with van der Waals surface area (Å²) in [5.74, 6) is -2.31. The summed E-state index contributed by atoms with van der Waals surface area (Å²) in [6.45, 7) is 1.71. The number of nitrogens with zero attached hydrogens (tertiary/aromatic N) is 14. The molecule has 0 aromatic carbocycles. The molecule has 0 saturated carbocycles. The third-order valence-electron chi connectivity index (χ3n) is 5.97. The predicted molar refractivity (Wildman–Crippen MR) is 174 cm³/mol. The van der Waals surface area contributed by atoms with Gasteiger partial charge < -0.3 is 26.4 Å². The normalized spacial score (nSPS) is 10.8. The first-order chi connectivity index (χ1) is 26.0. The third-order valence-corrected chi connectivity index (χ3v) is 5.97. The van der Waals surface area contributed by atoms with Crippen molar-refractivity contribution >= 4 is 30.1 Å². The van der Waals surface area contributed by atoms with Gasteiger partial charge in [-0.2, -0.15) is 13.2 Å². The average Bonchev–Trinajstić information content (AvgIpc) is 3.13. The number of aliphatic carboxylic acids is 3. The summed E-state index contributed by atoms with van der Waals surface area (Å²) >= 11 is 0. The van der Waals surface area contributed by atoms with E-state index >= 15 is 0 Å². The quantitative estimate of drug-likeness (QED) is 0.0749. The molecule has 4 aromatic rings. The summed E-state index contributed by atoms with van der Waals surface area (Å²) in [5, 5.41) is 60.0. The van der Waals surface area contributed by atoms with Crippen molar-refractivity contribution in [2.45, 2.75) is 33.1 Å². The Hall–Kier alpha value is -6.74. The molecule has 0 aliphatic heterocycles. The monoisotopic (exact) mass is 778 g/mol. The molecule has 6 N–H and O–H groups in total. The lowest BCUT2D eigenvalue weighted by Crippen LogP contribution is -2.45. The van der Waals surface area contributed by atoms with Crippen LogP contribution in [0.25, 0.3) is 23.3 Å². The minimum absolute atomic E-state index is 0.00609. The van der Waals surface area contributed by atoms with Crippen LogP contribution in [0.5, 0.6) is 0 Å². The molecule has 4 aromatic heterocycles. The number of carboxylic acid groups (broad SMARTS) is 3. The van der Waals surface area contributed by atoms with Gasteiger partial charge in [-0.1, -0.05) is 0 Å². The van der Waals surface area contributed by atoms with Crippen LogP contribution in [-0.4, -0.2) is 161 Å². The van der Waals surface area contributed by atoms with Crippen LogP contribution in [0, 0.1) is 13.8 Å². The summed E-state index contributed by atoms with van der Waals surface area (Å²) in [4.78, 5) is 72.9. The topological polar surface area (TPSA) is 345 Å². The molecule has 27 heteroatoms. The van der Waals surface area contributed by atoms with Crippen molar-refractivity contribution in [2.24, 2.45) is 5.73 Å². The molecule has 0 bridgehead atoms. The second-order valence-electron chi connectivity index (χ2n) is 10.5. The lowest BCUT2D eigenvalue weighted by atomic mass is 10.3. The number of rotatable bonds is 16. The van der Waals surface area contributed by atoms with Gasteiger partial charge in [0.25, 0.3) is 0 Å². The Bertz CT molecular complexity index is 1860. The predicted octanol–water partition coefficient (Wildman–Crippen LogP) is -2.26. The number of aldehydes is 1. The number of carbonyl (C=O) groups is 5. The Kier molecular flexibility index (Phi) is 18.1. The van der Waals surface area contributed by atoms with Gasteiger partial charge in [0, 0.05) is 32.0 Å². The van der Waals surface area contributed by atoms with Crippen molar-refractivity contribution < 1.29 is 52.5 Å². The summed E-state index contributed by atoms with van der Waals surface area (Å²) in [5.41, 5.74) is 6.62. The zero-order chi connectivity index (χ0) is 41.0. The average molecular weight is 779 g/mol. The maximum Gasteiger partial charge on any atom is 0.446 e. The van der Waals surface area contributed by atoms with Gasteiger partial charge in [-0.3, -0.25) is 33.8 Å². The molecule has 0 saturated heterocycles. The Labute approximate surface area is 307 Å². The Morgan fingerprint density at radius 2 is 1.07 bits per heavy atom. The number of aromatic nitrogens is 12. The van der Waals surface area contributed by atoms with E-state index < -0.39 is 55.9 Å². The number of alkyl halides is 3. The molecule has 294 valence electrons. The number of carboxylic acids is 3. The standard InChI is InChI=1S/C18H23N9O7.C8H9N7.C2HF3O/c1-11-22-24-18(25-23-11)17-19-3-2-12(21-17)6-20-13(28)7-26(8-14(29)30)4-5-27(9-15(31)32)10-16(33)34;1-5-12-14-8(15-13-5)7-10-3-2-6(4-9)11-7;3-2(4,5)1-6/h2-3H,4-10H2,1H3,(H,20,28)(H,29,30)(H,31,32)(H,33,34);2-3H,4,9H2,1H3;1H. The zero-order valence-electron chi connectivity index (χ0n) is 28.9. The second kappa shape index (κ2) is 22.4. The second-order valence-corrected chi connectivity index (χ2v) is 10.5.